The molecule has 124 valence electrons. The number of amides is 1. The molecule has 0 spiro atoms. The van der Waals surface area contributed by atoms with Crippen LogP contribution >= 0.6 is 0 Å². The summed E-state index contributed by atoms with van der Waals surface area (Å²) in [7, 11) is 1.87. The van der Waals surface area contributed by atoms with Gasteiger partial charge in [0.25, 0.3) is 0 Å². The molecule has 1 aliphatic heterocycles. The number of rotatable bonds is 5. The Bertz CT molecular complexity index is 703. The Balaban J connectivity index is 1.68. The van der Waals surface area contributed by atoms with Gasteiger partial charge in [0.2, 0.25) is 5.91 Å². The van der Waals surface area contributed by atoms with E-state index in [9.17, 15) is 4.79 Å². The second kappa shape index (κ2) is 6.20. The minimum Gasteiger partial charge on any atom is -0.464 e. The zero-order valence-corrected chi connectivity index (χ0v) is 14.2. The van der Waals surface area contributed by atoms with Crippen molar-refractivity contribution in [2.45, 2.75) is 45.7 Å². The Morgan fingerprint density at radius 2 is 2.26 bits per heavy atom. The molecule has 0 bridgehead atoms. The lowest BCUT2D eigenvalue weighted by atomic mass is 10.2. The van der Waals surface area contributed by atoms with Crippen molar-refractivity contribution in [3.05, 3.63) is 35.4 Å². The van der Waals surface area contributed by atoms with Crippen LogP contribution in [0.2, 0.25) is 0 Å². The number of aryl methyl sites for hydroxylation is 3. The Morgan fingerprint density at radius 3 is 2.87 bits per heavy atom. The van der Waals surface area contributed by atoms with Gasteiger partial charge in [0.1, 0.15) is 17.3 Å². The first-order valence-electron chi connectivity index (χ1n) is 8.16. The fraction of sp³-hybridized carbons (Fsp3) is 0.529. The van der Waals surface area contributed by atoms with Crippen LogP contribution in [0.3, 0.4) is 0 Å². The van der Waals surface area contributed by atoms with E-state index in [0.717, 1.165) is 35.9 Å². The molecule has 1 N–H and O–H groups in total. The maximum absolute atomic E-state index is 12.7. The molecule has 1 aliphatic rings. The lowest BCUT2D eigenvalue weighted by Gasteiger charge is -2.19. The summed E-state index contributed by atoms with van der Waals surface area (Å²) in [6.45, 7) is 6.74. The SMILES string of the molecule is CCc1ccc([C@H](C)N[C@@H]2CCN(c3cc(C)nn3C)C2=O)o1. The molecule has 3 rings (SSSR count). The van der Waals surface area contributed by atoms with Crippen molar-refractivity contribution in [1.29, 1.82) is 0 Å². The number of aromatic nitrogens is 2. The highest BCUT2D eigenvalue weighted by molar-refractivity contribution is 5.98. The molecular formula is C17H24N4O2. The summed E-state index contributed by atoms with van der Waals surface area (Å²) in [5, 5.41) is 7.72. The molecular weight excluding hydrogens is 292 g/mol. The predicted octanol–water partition coefficient (Wildman–Crippen LogP) is 2.34. The Labute approximate surface area is 136 Å². The topological polar surface area (TPSA) is 63.3 Å². The monoisotopic (exact) mass is 316 g/mol. The summed E-state index contributed by atoms with van der Waals surface area (Å²) < 4.78 is 7.54. The fourth-order valence-electron chi connectivity index (χ4n) is 3.11. The zero-order chi connectivity index (χ0) is 16.6. The fourth-order valence-corrected chi connectivity index (χ4v) is 3.11. The van der Waals surface area contributed by atoms with Crippen LogP contribution in [0.5, 0.6) is 0 Å². The number of carbonyl (C=O) groups excluding carboxylic acids is 1. The number of nitrogens with one attached hydrogen (secondary N) is 1. The lowest BCUT2D eigenvalue weighted by molar-refractivity contribution is -0.119. The average Bonchev–Trinajstić information content (AvgIpc) is 3.20. The van der Waals surface area contributed by atoms with E-state index in [-0.39, 0.29) is 18.0 Å². The molecule has 0 aliphatic carbocycles. The van der Waals surface area contributed by atoms with E-state index < -0.39 is 0 Å². The molecule has 1 saturated heterocycles. The standard InChI is InChI=1S/C17H24N4O2/c1-5-13-6-7-15(23-13)12(3)18-14-8-9-21(17(14)22)16-10-11(2)19-20(16)4/h6-7,10,12,14,18H,5,8-9H2,1-4H3/t12-,14+/m0/s1. The van der Waals surface area contributed by atoms with Crippen molar-refractivity contribution < 1.29 is 9.21 Å². The van der Waals surface area contributed by atoms with Crippen LogP contribution < -0.4 is 10.2 Å². The van der Waals surface area contributed by atoms with Crippen LogP contribution in [0.15, 0.2) is 22.6 Å². The first-order valence-corrected chi connectivity index (χ1v) is 8.16. The summed E-state index contributed by atoms with van der Waals surface area (Å²) in [6.07, 6.45) is 1.66. The molecule has 1 amide bonds. The number of furan rings is 1. The van der Waals surface area contributed by atoms with Gasteiger partial charge >= 0.3 is 0 Å². The van der Waals surface area contributed by atoms with Gasteiger partial charge in [0.05, 0.1) is 17.8 Å². The van der Waals surface area contributed by atoms with E-state index in [1.807, 2.05) is 44.0 Å². The molecule has 6 heteroatoms. The van der Waals surface area contributed by atoms with Crippen molar-refractivity contribution in [3.63, 3.8) is 0 Å². The normalized spacial score (nSPS) is 19.6. The highest BCUT2D eigenvalue weighted by atomic mass is 16.3. The van der Waals surface area contributed by atoms with Crippen LogP contribution in [0.4, 0.5) is 5.82 Å². The minimum atomic E-state index is -0.185. The van der Waals surface area contributed by atoms with Gasteiger partial charge in [-0.25, -0.2) is 0 Å². The van der Waals surface area contributed by atoms with Crippen molar-refractivity contribution >= 4 is 11.7 Å². The second-order valence-electron chi connectivity index (χ2n) is 6.14. The largest absolute Gasteiger partial charge is 0.464 e. The molecule has 0 unspecified atom stereocenters. The van der Waals surface area contributed by atoms with Gasteiger partial charge < -0.3 is 4.42 Å². The van der Waals surface area contributed by atoms with Gasteiger partial charge in [-0.2, -0.15) is 5.10 Å². The molecule has 2 aromatic heterocycles. The molecule has 3 heterocycles. The Kier molecular flexibility index (Phi) is 4.26. The molecule has 0 saturated carbocycles. The van der Waals surface area contributed by atoms with Gasteiger partial charge in [-0.1, -0.05) is 6.92 Å². The maximum Gasteiger partial charge on any atom is 0.245 e. The third kappa shape index (κ3) is 3.03. The highest BCUT2D eigenvalue weighted by Crippen LogP contribution is 2.24. The third-order valence-electron chi connectivity index (χ3n) is 4.37. The molecule has 6 nitrogen and oxygen atoms in total. The van der Waals surface area contributed by atoms with Crippen molar-refractivity contribution in [2.75, 3.05) is 11.4 Å². The van der Waals surface area contributed by atoms with Gasteiger partial charge in [0.15, 0.2) is 0 Å². The summed E-state index contributed by atoms with van der Waals surface area (Å²) in [5.41, 5.74) is 0.919. The van der Waals surface area contributed by atoms with Crippen LogP contribution in [0.25, 0.3) is 0 Å². The number of hydrogen-bond acceptors (Lipinski definition) is 4. The number of anilines is 1. The summed E-state index contributed by atoms with van der Waals surface area (Å²) in [6, 6.07) is 5.75. The minimum absolute atomic E-state index is 0.0115. The molecule has 1 fully saturated rings. The van der Waals surface area contributed by atoms with Crippen molar-refractivity contribution in [1.82, 2.24) is 15.1 Å². The number of nitrogens with zero attached hydrogens (tertiary/aromatic N) is 3. The summed E-state index contributed by atoms with van der Waals surface area (Å²) in [5.74, 6) is 2.81. The van der Waals surface area contributed by atoms with E-state index in [2.05, 4.69) is 17.3 Å². The molecule has 0 aromatic carbocycles. The number of hydrogen-bond donors (Lipinski definition) is 1. The third-order valence-corrected chi connectivity index (χ3v) is 4.37. The lowest BCUT2D eigenvalue weighted by Crippen LogP contribution is -2.40. The number of carbonyl (C=O) groups is 1. The van der Waals surface area contributed by atoms with Crippen molar-refractivity contribution in [3.8, 4) is 0 Å². The Morgan fingerprint density at radius 1 is 1.48 bits per heavy atom. The first-order chi connectivity index (χ1) is 11.0. The molecule has 23 heavy (non-hydrogen) atoms. The smallest absolute Gasteiger partial charge is 0.245 e. The maximum atomic E-state index is 12.7. The summed E-state index contributed by atoms with van der Waals surface area (Å²) >= 11 is 0. The molecule has 2 aromatic rings. The van der Waals surface area contributed by atoms with Crippen LogP contribution in [-0.4, -0.2) is 28.3 Å². The zero-order valence-electron chi connectivity index (χ0n) is 14.2. The van der Waals surface area contributed by atoms with Crippen molar-refractivity contribution in [2.24, 2.45) is 7.05 Å². The average molecular weight is 316 g/mol. The Hall–Kier alpha value is -2.08. The van der Waals surface area contributed by atoms with Crippen LogP contribution in [-0.2, 0) is 18.3 Å². The van der Waals surface area contributed by atoms with E-state index in [4.69, 9.17) is 4.42 Å². The van der Waals surface area contributed by atoms with E-state index in [1.165, 1.54) is 0 Å². The quantitative estimate of drug-likeness (QED) is 0.919. The van der Waals surface area contributed by atoms with Gasteiger partial charge in [-0.3, -0.25) is 19.7 Å². The van der Waals surface area contributed by atoms with E-state index in [1.54, 1.807) is 4.68 Å². The van der Waals surface area contributed by atoms with Gasteiger partial charge in [-0.15, -0.1) is 0 Å². The summed E-state index contributed by atoms with van der Waals surface area (Å²) in [4.78, 5) is 14.5. The van der Waals surface area contributed by atoms with Gasteiger partial charge in [-0.05, 0) is 32.4 Å². The van der Waals surface area contributed by atoms with Crippen LogP contribution in [0, 0.1) is 6.92 Å². The molecule has 2 atom stereocenters. The van der Waals surface area contributed by atoms with Gasteiger partial charge in [0, 0.05) is 26.1 Å². The van der Waals surface area contributed by atoms with E-state index in [0.29, 0.717) is 6.54 Å². The van der Waals surface area contributed by atoms with Crippen LogP contribution in [0.1, 0.15) is 43.5 Å². The predicted molar refractivity (Wildman–Crippen MR) is 88.3 cm³/mol. The van der Waals surface area contributed by atoms with E-state index >= 15 is 0 Å². The highest BCUT2D eigenvalue weighted by Gasteiger charge is 2.35. The molecule has 0 radical (unpaired) electrons. The first kappa shape index (κ1) is 15.8. The second-order valence-corrected chi connectivity index (χ2v) is 6.14.